The second-order valence-electron chi connectivity index (χ2n) is 3.08. The van der Waals surface area contributed by atoms with Gasteiger partial charge in [-0.15, -0.1) is 11.3 Å². The summed E-state index contributed by atoms with van der Waals surface area (Å²) in [7, 11) is 0. The predicted octanol–water partition coefficient (Wildman–Crippen LogP) is 3.49. The third kappa shape index (κ3) is 2.62. The van der Waals surface area contributed by atoms with Crippen molar-refractivity contribution in [2.24, 2.45) is 0 Å². The van der Waals surface area contributed by atoms with E-state index in [4.69, 9.17) is 5.11 Å². The maximum absolute atomic E-state index is 13.5. The van der Waals surface area contributed by atoms with Crippen molar-refractivity contribution < 1.29 is 14.3 Å². The Balaban J connectivity index is 2.31. The second kappa shape index (κ2) is 4.80. The molecule has 0 spiro atoms. The molecule has 0 amide bonds. The summed E-state index contributed by atoms with van der Waals surface area (Å²) in [6.45, 7) is 0. The van der Waals surface area contributed by atoms with Gasteiger partial charge in [-0.05, 0) is 18.2 Å². The summed E-state index contributed by atoms with van der Waals surface area (Å²) >= 11 is 4.24. The van der Waals surface area contributed by atoms with Gasteiger partial charge in [0.1, 0.15) is 10.8 Å². The molecule has 0 saturated carbocycles. The zero-order valence-electron chi connectivity index (χ0n) is 8.28. The van der Waals surface area contributed by atoms with Crippen molar-refractivity contribution in [3.63, 3.8) is 0 Å². The molecule has 0 unspecified atom stereocenters. The number of carboxylic acid groups (broad SMARTS) is 1. The predicted molar refractivity (Wildman–Crippen MR) is 66.5 cm³/mol. The van der Waals surface area contributed by atoms with E-state index in [1.807, 2.05) is 0 Å². The number of benzene rings is 1. The Labute approximate surface area is 108 Å². The van der Waals surface area contributed by atoms with Crippen LogP contribution in [0.4, 0.5) is 15.1 Å². The molecule has 88 valence electrons. The highest BCUT2D eigenvalue weighted by Gasteiger charge is 2.14. The van der Waals surface area contributed by atoms with Crippen LogP contribution in [0.25, 0.3) is 0 Å². The van der Waals surface area contributed by atoms with Gasteiger partial charge >= 0.3 is 5.97 Å². The van der Waals surface area contributed by atoms with Crippen molar-refractivity contribution in [1.82, 2.24) is 4.98 Å². The van der Waals surface area contributed by atoms with Crippen molar-refractivity contribution in [1.29, 1.82) is 0 Å². The van der Waals surface area contributed by atoms with Crippen LogP contribution in [0.2, 0.25) is 0 Å². The molecule has 0 radical (unpaired) electrons. The summed E-state index contributed by atoms with van der Waals surface area (Å²) in [5.41, 5.74) is 1.49. The summed E-state index contributed by atoms with van der Waals surface area (Å²) in [5, 5.41) is 11.9. The summed E-state index contributed by atoms with van der Waals surface area (Å²) in [6, 6.07) is 4.47. The largest absolute Gasteiger partial charge is 0.476 e. The number of carbonyl (C=O) groups is 1. The average Bonchev–Trinajstić information content (AvgIpc) is 2.70. The first-order valence-corrected chi connectivity index (χ1v) is 6.14. The van der Waals surface area contributed by atoms with E-state index in [0.29, 0.717) is 9.47 Å². The van der Waals surface area contributed by atoms with Crippen molar-refractivity contribution in [3.8, 4) is 0 Å². The molecule has 0 saturated heterocycles. The molecular weight excluding hydrogens is 311 g/mol. The third-order valence-corrected chi connectivity index (χ3v) is 3.18. The van der Waals surface area contributed by atoms with E-state index >= 15 is 0 Å². The number of rotatable bonds is 3. The first-order chi connectivity index (χ1) is 8.08. The van der Waals surface area contributed by atoms with Crippen molar-refractivity contribution in [3.05, 3.63) is 39.7 Å². The molecule has 17 heavy (non-hydrogen) atoms. The van der Waals surface area contributed by atoms with Gasteiger partial charge < -0.3 is 10.4 Å². The number of halogens is 2. The van der Waals surface area contributed by atoms with Gasteiger partial charge in [0.25, 0.3) is 0 Å². The lowest BCUT2D eigenvalue weighted by atomic mass is 10.3. The molecule has 0 fully saturated rings. The van der Waals surface area contributed by atoms with Gasteiger partial charge in [-0.25, -0.2) is 14.2 Å². The van der Waals surface area contributed by atoms with Crippen molar-refractivity contribution in [2.75, 3.05) is 5.32 Å². The molecule has 0 atom stereocenters. The lowest BCUT2D eigenvalue weighted by Gasteiger charge is -2.05. The Bertz CT molecular complexity index is 573. The van der Waals surface area contributed by atoms with Crippen LogP contribution in [0.15, 0.2) is 28.2 Å². The van der Waals surface area contributed by atoms with Crippen LogP contribution in [-0.2, 0) is 0 Å². The minimum Gasteiger partial charge on any atom is -0.476 e. The summed E-state index contributed by atoms with van der Waals surface area (Å²) < 4.78 is 14.1. The zero-order valence-corrected chi connectivity index (χ0v) is 10.7. The van der Waals surface area contributed by atoms with E-state index in [-0.39, 0.29) is 11.4 Å². The molecule has 1 aromatic carbocycles. The van der Waals surface area contributed by atoms with Crippen molar-refractivity contribution in [2.45, 2.75) is 0 Å². The molecule has 2 aromatic rings. The molecule has 7 heteroatoms. The zero-order chi connectivity index (χ0) is 12.4. The van der Waals surface area contributed by atoms with Gasteiger partial charge in [0, 0.05) is 4.47 Å². The SMILES string of the molecule is O=C(O)c1ncsc1Nc1ccc(Br)cc1F. The van der Waals surface area contributed by atoms with Crippen LogP contribution < -0.4 is 5.32 Å². The molecule has 2 N–H and O–H groups in total. The summed E-state index contributed by atoms with van der Waals surface area (Å²) in [6.07, 6.45) is 0. The molecular formula is C10H6BrFN2O2S. The Hall–Kier alpha value is -1.47. The number of thiazole rings is 1. The van der Waals surface area contributed by atoms with Gasteiger partial charge in [0.15, 0.2) is 5.69 Å². The van der Waals surface area contributed by atoms with Gasteiger partial charge in [0.2, 0.25) is 0 Å². The highest BCUT2D eigenvalue weighted by Crippen LogP contribution is 2.27. The molecule has 0 aliphatic rings. The Morgan fingerprint density at radius 2 is 2.29 bits per heavy atom. The normalized spacial score (nSPS) is 10.2. The summed E-state index contributed by atoms with van der Waals surface area (Å²) in [5.74, 6) is -1.62. The smallest absolute Gasteiger partial charge is 0.357 e. The number of nitrogens with one attached hydrogen (secondary N) is 1. The Morgan fingerprint density at radius 3 is 2.94 bits per heavy atom. The van der Waals surface area contributed by atoms with E-state index in [1.54, 1.807) is 6.07 Å². The molecule has 1 aromatic heterocycles. The molecule has 2 rings (SSSR count). The molecule has 0 aliphatic heterocycles. The lowest BCUT2D eigenvalue weighted by molar-refractivity contribution is 0.0692. The van der Waals surface area contributed by atoms with E-state index < -0.39 is 11.8 Å². The van der Waals surface area contributed by atoms with E-state index in [0.717, 1.165) is 11.3 Å². The standard InChI is InChI=1S/C10H6BrFN2O2S/c11-5-1-2-7(6(12)3-5)14-9-8(10(15)16)13-4-17-9/h1-4,14H,(H,15,16). The van der Waals surface area contributed by atoms with Crippen LogP contribution in [0.3, 0.4) is 0 Å². The monoisotopic (exact) mass is 316 g/mol. The summed E-state index contributed by atoms with van der Waals surface area (Å²) in [4.78, 5) is 14.5. The van der Waals surface area contributed by atoms with Crippen LogP contribution in [-0.4, -0.2) is 16.1 Å². The molecule has 0 bridgehead atoms. The number of aromatic nitrogens is 1. The van der Waals surface area contributed by atoms with Crippen molar-refractivity contribution >= 4 is 43.9 Å². The molecule has 1 heterocycles. The number of aromatic carboxylic acids is 1. The highest BCUT2D eigenvalue weighted by molar-refractivity contribution is 9.10. The maximum Gasteiger partial charge on any atom is 0.357 e. The quantitative estimate of drug-likeness (QED) is 0.910. The van der Waals surface area contributed by atoms with Crippen LogP contribution in [0, 0.1) is 5.82 Å². The molecule has 4 nitrogen and oxygen atoms in total. The number of anilines is 2. The highest BCUT2D eigenvalue weighted by atomic mass is 79.9. The van der Waals surface area contributed by atoms with E-state index in [1.165, 1.54) is 17.6 Å². The minimum atomic E-state index is -1.15. The Morgan fingerprint density at radius 1 is 1.53 bits per heavy atom. The van der Waals surface area contributed by atoms with Crippen LogP contribution >= 0.6 is 27.3 Å². The number of hydrogen-bond acceptors (Lipinski definition) is 4. The number of carboxylic acids is 1. The first-order valence-electron chi connectivity index (χ1n) is 4.47. The fourth-order valence-electron chi connectivity index (χ4n) is 1.20. The number of hydrogen-bond donors (Lipinski definition) is 2. The van der Waals surface area contributed by atoms with Crippen LogP contribution in [0.1, 0.15) is 10.5 Å². The second-order valence-corrected chi connectivity index (χ2v) is 4.85. The van der Waals surface area contributed by atoms with E-state index in [2.05, 4.69) is 26.2 Å². The maximum atomic E-state index is 13.5. The fraction of sp³-hybridized carbons (Fsp3) is 0. The average molecular weight is 317 g/mol. The minimum absolute atomic E-state index is 0.114. The van der Waals surface area contributed by atoms with Crippen LogP contribution in [0.5, 0.6) is 0 Å². The van der Waals surface area contributed by atoms with Gasteiger partial charge in [-0.3, -0.25) is 0 Å². The lowest BCUT2D eigenvalue weighted by Crippen LogP contribution is -2.01. The van der Waals surface area contributed by atoms with E-state index in [9.17, 15) is 9.18 Å². The first kappa shape index (κ1) is 12.0. The van der Waals surface area contributed by atoms with Gasteiger partial charge in [-0.1, -0.05) is 15.9 Å². The molecule has 0 aliphatic carbocycles. The topological polar surface area (TPSA) is 62.2 Å². The van der Waals surface area contributed by atoms with Gasteiger partial charge in [0.05, 0.1) is 11.2 Å². The third-order valence-electron chi connectivity index (χ3n) is 1.95. The van der Waals surface area contributed by atoms with Gasteiger partial charge in [-0.2, -0.15) is 0 Å². The fourth-order valence-corrected chi connectivity index (χ4v) is 2.22. The number of nitrogens with zero attached hydrogens (tertiary/aromatic N) is 1. The Kier molecular flexibility index (Phi) is 3.39.